The molecule has 0 saturated carbocycles. The lowest BCUT2D eigenvalue weighted by atomic mass is 10.0. The average Bonchev–Trinajstić information content (AvgIpc) is 2.38. The molecule has 5 nitrogen and oxygen atoms in total. The van der Waals surface area contributed by atoms with Crippen LogP contribution in [0.3, 0.4) is 0 Å². The van der Waals surface area contributed by atoms with E-state index in [0.717, 1.165) is 5.56 Å². The number of carbonyl (C=O) groups is 1. The summed E-state index contributed by atoms with van der Waals surface area (Å²) in [5, 5.41) is 10.1. The molecule has 1 rings (SSSR count). The van der Waals surface area contributed by atoms with Gasteiger partial charge in [0, 0.05) is 0 Å². The monoisotopic (exact) mass is 332 g/mol. The van der Waals surface area contributed by atoms with Gasteiger partial charge in [-0.15, -0.1) is 0 Å². The van der Waals surface area contributed by atoms with Crippen molar-refractivity contribution in [2.45, 2.75) is 20.0 Å². The summed E-state index contributed by atoms with van der Waals surface area (Å²) in [7, 11) is 2.98. The molecule has 1 atom stereocenters. The largest absolute Gasteiger partial charge is 0.496 e. The van der Waals surface area contributed by atoms with E-state index in [0.29, 0.717) is 21.5 Å². The molecule has 0 amide bonds. The van der Waals surface area contributed by atoms with Crippen LogP contribution in [-0.2, 0) is 9.53 Å². The fourth-order valence-electron chi connectivity index (χ4n) is 1.76. The van der Waals surface area contributed by atoms with E-state index in [9.17, 15) is 9.90 Å². The van der Waals surface area contributed by atoms with Crippen molar-refractivity contribution in [3.63, 3.8) is 0 Å². The molecular weight excluding hydrogens is 316 g/mol. The number of aliphatic hydroxyl groups excluding tert-OH is 1. The third-order valence-electron chi connectivity index (χ3n) is 2.61. The van der Waals surface area contributed by atoms with Gasteiger partial charge in [-0.25, -0.2) is 4.79 Å². The summed E-state index contributed by atoms with van der Waals surface area (Å²) < 4.78 is 15.7. The van der Waals surface area contributed by atoms with E-state index >= 15 is 0 Å². The summed E-state index contributed by atoms with van der Waals surface area (Å²) in [5.41, 5.74) is 1.12. The smallest absolute Gasteiger partial charge is 0.339 e. The van der Waals surface area contributed by atoms with Gasteiger partial charge in [-0.2, -0.15) is 0 Å². The van der Waals surface area contributed by atoms with Gasteiger partial charge in [0.25, 0.3) is 0 Å². The van der Waals surface area contributed by atoms with Crippen LogP contribution in [0.2, 0.25) is 0 Å². The van der Waals surface area contributed by atoms with E-state index < -0.39 is 12.1 Å². The number of rotatable bonds is 5. The Hall–Kier alpha value is -1.27. The summed E-state index contributed by atoms with van der Waals surface area (Å²) in [6.07, 6.45) is -1.43. The summed E-state index contributed by atoms with van der Waals surface area (Å²) in [6.45, 7) is 3.71. The van der Waals surface area contributed by atoms with Crippen molar-refractivity contribution in [2.24, 2.45) is 0 Å². The lowest BCUT2D eigenvalue weighted by Crippen LogP contribution is -2.17. The molecule has 19 heavy (non-hydrogen) atoms. The molecule has 0 fully saturated rings. The topological polar surface area (TPSA) is 65.0 Å². The molecule has 0 aliphatic rings. The minimum Gasteiger partial charge on any atom is -0.496 e. The summed E-state index contributed by atoms with van der Waals surface area (Å²) in [5.74, 6) is 0.206. The Bertz CT molecular complexity index is 473. The highest BCUT2D eigenvalue weighted by atomic mass is 79.9. The number of methoxy groups -OCH3 is 2. The fourth-order valence-corrected chi connectivity index (χ4v) is 2.64. The van der Waals surface area contributed by atoms with E-state index in [1.807, 2.05) is 6.92 Å². The van der Waals surface area contributed by atoms with Gasteiger partial charge < -0.3 is 19.3 Å². The maximum absolute atomic E-state index is 11.7. The van der Waals surface area contributed by atoms with E-state index in [-0.39, 0.29) is 6.61 Å². The van der Waals surface area contributed by atoms with Crippen molar-refractivity contribution in [3.05, 3.63) is 21.7 Å². The molecule has 106 valence electrons. The predicted octanol–water partition coefficient (Wildman–Crippen LogP) is 2.37. The number of aryl methyl sites for hydroxylation is 1. The lowest BCUT2D eigenvalue weighted by molar-refractivity contribution is -0.153. The number of halogens is 1. The van der Waals surface area contributed by atoms with Crippen molar-refractivity contribution < 1.29 is 24.1 Å². The highest BCUT2D eigenvalue weighted by Crippen LogP contribution is 2.41. The maximum atomic E-state index is 11.7. The van der Waals surface area contributed by atoms with E-state index in [1.54, 1.807) is 13.0 Å². The molecular formula is C13H17BrO5. The van der Waals surface area contributed by atoms with Crippen molar-refractivity contribution >= 4 is 21.9 Å². The van der Waals surface area contributed by atoms with Gasteiger partial charge in [0.05, 0.1) is 30.9 Å². The molecule has 0 heterocycles. The second-order valence-corrected chi connectivity index (χ2v) is 4.60. The van der Waals surface area contributed by atoms with Gasteiger partial charge in [0.15, 0.2) is 6.10 Å². The second kappa shape index (κ2) is 6.77. The second-order valence-electron chi connectivity index (χ2n) is 3.81. The number of hydrogen-bond acceptors (Lipinski definition) is 5. The molecule has 0 spiro atoms. The van der Waals surface area contributed by atoms with E-state index in [4.69, 9.17) is 14.2 Å². The third-order valence-corrected chi connectivity index (χ3v) is 3.40. The van der Waals surface area contributed by atoms with Gasteiger partial charge in [-0.1, -0.05) is 0 Å². The number of hydrogen-bond donors (Lipinski definition) is 1. The quantitative estimate of drug-likeness (QED) is 0.838. The van der Waals surface area contributed by atoms with Gasteiger partial charge in [-0.05, 0) is 41.4 Å². The Balaban J connectivity index is 3.35. The Morgan fingerprint density at radius 3 is 2.53 bits per heavy atom. The van der Waals surface area contributed by atoms with E-state index in [2.05, 4.69) is 15.9 Å². The number of aliphatic hydroxyl groups is 1. The molecule has 1 aromatic carbocycles. The minimum absolute atomic E-state index is 0.193. The fraction of sp³-hybridized carbons (Fsp3) is 0.462. The van der Waals surface area contributed by atoms with Crippen LogP contribution in [0.15, 0.2) is 10.5 Å². The van der Waals surface area contributed by atoms with Gasteiger partial charge in [0.2, 0.25) is 0 Å². The first-order valence-electron chi connectivity index (χ1n) is 5.73. The zero-order valence-electron chi connectivity index (χ0n) is 11.3. The Labute approximate surface area is 120 Å². The van der Waals surface area contributed by atoms with Crippen LogP contribution >= 0.6 is 15.9 Å². The molecule has 0 radical (unpaired) electrons. The van der Waals surface area contributed by atoms with Crippen molar-refractivity contribution in [1.29, 1.82) is 0 Å². The standard InChI is InChI=1S/C13H17BrO5/c1-5-19-13(16)11(15)9-8(17-3)6-7(2)12(18-4)10(9)14/h6,11,15H,5H2,1-4H3. The molecule has 0 aliphatic heterocycles. The maximum Gasteiger partial charge on any atom is 0.339 e. The summed E-state index contributed by atoms with van der Waals surface area (Å²) in [6, 6.07) is 1.70. The Kier molecular flexibility index (Phi) is 5.62. The first-order valence-corrected chi connectivity index (χ1v) is 6.52. The average molecular weight is 333 g/mol. The normalized spacial score (nSPS) is 11.9. The van der Waals surface area contributed by atoms with Crippen LogP contribution in [0.25, 0.3) is 0 Å². The van der Waals surface area contributed by atoms with Gasteiger partial charge in [0.1, 0.15) is 11.5 Å². The van der Waals surface area contributed by atoms with Crippen LogP contribution in [0.1, 0.15) is 24.2 Å². The molecule has 0 bridgehead atoms. The van der Waals surface area contributed by atoms with Gasteiger partial charge in [-0.3, -0.25) is 0 Å². The third kappa shape index (κ3) is 3.19. The number of carbonyl (C=O) groups excluding carboxylic acids is 1. The molecule has 1 N–H and O–H groups in total. The highest BCUT2D eigenvalue weighted by Gasteiger charge is 2.28. The predicted molar refractivity (Wildman–Crippen MR) is 73.6 cm³/mol. The van der Waals surface area contributed by atoms with Crippen molar-refractivity contribution in [2.75, 3.05) is 20.8 Å². The molecule has 0 saturated heterocycles. The Morgan fingerprint density at radius 2 is 2.05 bits per heavy atom. The number of ether oxygens (including phenoxy) is 3. The van der Waals surface area contributed by atoms with Crippen LogP contribution in [0, 0.1) is 6.92 Å². The van der Waals surface area contributed by atoms with Crippen LogP contribution in [0.5, 0.6) is 11.5 Å². The highest BCUT2D eigenvalue weighted by molar-refractivity contribution is 9.10. The number of esters is 1. The molecule has 6 heteroatoms. The van der Waals surface area contributed by atoms with Crippen molar-refractivity contribution in [1.82, 2.24) is 0 Å². The zero-order chi connectivity index (χ0) is 14.6. The molecule has 0 aliphatic carbocycles. The number of benzene rings is 1. The molecule has 1 unspecified atom stereocenters. The minimum atomic E-state index is -1.43. The first-order chi connectivity index (χ1) is 8.97. The van der Waals surface area contributed by atoms with E-state index in [1.165, 1.54) is 14.2 Å². The van der Waals surface area contributed by atoms with Gasteiger partial charge >= 0.3 is 5.97 Å². The lowest BCUT2D eigenvalue weighted by Gasteiger charge is -2.19. The molecule has 0 aromatic heterocycles. The van der Waals surface area contributed by atoms with Crippen LogP contribution in [0.4, 0.5) is 0 Å². The first kappa shape index (κ1) is 15.8. The summed E-state index contributed by atoms with van der Waals surface area (Å²) >= 11 is 3.33. The summed E-state index contributed by atoms with van der Waals surface area (Å²) in [4.78, 5) is 11.7. The Morgan fingerprint density at radius 1 is 1.42 bits per heavy atom. The SMILES string of the molecule is CCOC(=O)C(O)c1c(OC)cc(C)c(OC)c1Br. The molecule has 1 aromatic rings. The van der Waals surface area contributed by atoms with Crippen molar-refractivity contribution in [3.8, 4) is 11.5 Å². The van der Waals surface area contributed by atoms with Crippen LogP contribution < -0.4 is 9.47 Å². The zero-order valence-corrected chi connectivity index (χ0v) is 12.9. The van der Waals surface area contributed by atoms with Crippen LogP contribution in [-0.4, -0.2) is 31.9 Å².